The van der Waals surface area contributed by atoms with E-state index >= 15 is 0 Å². The highest BCUT2D eigenvalue weighted by molar-refractivity contribution is 5.79. The number of methoxy groups -OCH3 is 1. The summed E-state index contributed by atoms with van der Waals surface area (Å²) in [6.45, 7) is 2.59. The lowest BCUT2D eigenvalue weighted by Crippen LogP contribution is -1.89. The van der Waals surface area contributed by atoms with Crippen LogP contribution in [0.25, 0.3) is 0 Å². The summed E-state index contributed by atoms with van der Waals surface area (Å²) in [4.78, 5) is 5.28. The number of hydrogen-bond donors (Lipinski definition) is 0. The molecule has 2 rings (SSSR count). The molecular weight excluding hydrogens is 250 g/mol. The van der Waals surface area contributed by atoms with Gasteiger partial charge in [0.25, 0.3) is 0 Å². The minimum Gasteiger partial charge on any atom is -0.497 e. The Morgan fingerprint density at radius 3 is 2.20 bits per heavy atom. The van der Waals surface area contributed by atoms with E-state index < -0.39 is 0 Å². The van der Waals surface area contributed by atoms with Gasteiger partial charge in [0, 0.05) is 0 Å². The van der Waals surface area contributed by atoms with E-state index in [-0.39, 0.29) is 0 Å². The minimum absolute atomic E-state index is 0.452. The Balaban J connectivity index is 1.83. The summed E-state index contributed by atoms with van der Waals surface area (Å²) in [5.41, 5.74) is 3.42. The predicted molar refractivity (Wildman–Crippen MR) is 81.2 cm³/mol. The lowest BCUT2D eigenvalue weighted by Gasteiger charge is -2.02. The van der Waals surface area contributed by atoms with Gasteiger partial charge in [0.05, 0.1) is 13.3 Å². The Labute approximate surface area is 119 Å². The number of ether oxygens (including phenoxy) is 1. The second-order valence-corrected chi connectivity index (χ2v) is 4.45. The predicted octanol–water partition coefficient (Wildman–Crippen LogP) is 3.81. The van der Waals surface area contributed by atoms with Crippen LogP contribution in [-0.2, 0) is 17.9 Å². The molecular formula is C17H19NO2. The van der Waals surface area contributed by atoms with Crippen LogP contribution in [-0.4, -0.2) is 13.3 Å². The zero-order valence-corrected chi connectivity index (χ0v) is 11.9. The van der Waals surface area contributed by atoms with Crippen LogP contribution in [0.1, 0.15) is 23.6 Å². The van der Waals surface area contributed by atoms with Crippen molar-refractivity contribution in [2.75, 3.05) is 7.11 Å². The fraction of sp³-hybridized carbons (Fsp3) is 0.235. The maximum Gasteiger partial charge on any atom is 0.142 e. The monoisotopic (exact) mass is 269 g/mol. The number of hydrogen-bond acceptors (Lipinski definition) is 3. The van der Waals surface area contributed by atoms with Crippen LogP contribution in [0, 0.1) is 0 Å². The van der Waals surface area contributed by atoms with Crippen molar-refractivity contribution in [3.63, 3.8) is 0 Å². The summed E-state index contributed by atoms with van der Waals surface area (Å²) in [7, 11) is 1.65. The van der Waals surface area contributed by atoms with Gasteiger partial charge in [-0.05, 0) is 35.2 Å². The molecule has 20 heavy (non-hydrogen) atoms. The average molecular weight is 269 g/mol. The van der Waals surface area contributed by atoms with Crippen molar-refractivity contribution in [1.29, 1.82) is 0 Å². The average Bonchev–Trinajstić information content (AvgIpc) is 2.53. The summed E-state index contributed by atoms with van der Waals surface area (Å²) in [5.74, 6) is 0.841. The molecule has 0 bridgehead atoms. The Bertz CT molecular complexity index is 544. The smallest absolute Gasteiger partial charge is 0.142 e. The molecule has 3 nitrogen and oxygen atoms in total. The van der Waals surface area contributed by atoms with Crippen molar-refractivity contribution in [3.05, 3.63) is 65.2 Å². The molecule has 0 spiro atoms. The van der Waals surface area contributed by atoms with E-state index in [4.69, 9.17) is 9.57 Å². The Morgan fingerprint density at radius 2 is 1.60 bits per heavy atom. The second-order valence-electron chi connectivity index (χ2n) is 4.45. The fourth-order valence-electron chi connectivity index (χ4n) is 1.77. The van der Waals surface area contributed by atoms with Gasteiger partial charge in [-0.2, -0.15) is 0 Å². The molecule has 0 unspecified atom stereocenters. The van der Waals surface area contributed by atoms with Crippen LogP contribution in [0.2, 0.25) is 0 Å². The second kappa shape index (κ2) is 7.34. The lowest BCUT2D eigenvalue weighted by molar-refractivity contribution is 0.132. The molecule has 0 aromatic heterocycles. The normalized spacial score (nSPS) is 10.7. The summed E-state index contributed by atoms with van der Waals surface area (Å²) < 4.78 is 5.10. The molecule has 0 heterocycles. The Morgan fingerprint density at radius 1 is 0.950 bits per heavy atom. The molecule has 0 amide bonds. The number of nitrogens with zero attached hydrogens (tertiary/aromatic N) is 1. The van der Waals surface area contributed by atoms with Crippen LogP contribution in [0.4, 0.5) is 0 Å². The fourth-order valence-corrected chi connectivity index (χ4v) is 1.77. The maximum atomic E-state index is 5.28. The summed E-state index contributed by atoms with van der Waals surface area (Å²) in [5, 5.41) is 3.98. The van der Waals surface area contributed by atoms with Crippen molar-refractivity contribution in [1.82, 2.24) is 0 Å². The summed E-state index contributed by atoms with van der Waals surface area (Å²) >= 11 is 0. The Hall–Kier alpha value is -2.29. The molecule has 0 N–H and O–H groups in total. The summed E-state index contributed by atoms with van der Waals surface area (Å²) in [6.07, 6.45) is 2.77. The third-order valence-electron chi connectivity index (χ3n) is 3.05. The third-order valence-corrected chi connectivity index (χ3v) is 3.05. The Kier molecular flexibility index (Phi) is 5.18. The minimum atomic E-state index is 0.452. The molecule has 0 saturated heterocycles. The van der Waals surface area contributed by atoms with E-state index in [0.29, 0.717) is 6.61 Å². The van der Waals surface area contributed by atoms with E-state index in [1.165, 1.54) is 5.56 Å². The SMILES string of the molecule is CCc1ccc(C=NOCc2ccc(OC)cc2)cc1. The van der Waals surface area contributed by atoms with Gasteiger partial charge < -0.3 is 9.57 Å². The highest BCUT2D eigenvalue weighted by Crippen LogP contribution is 2.12. The van der Waals surface area contributed by atoms with Crippen LogP contribution in [0.5, 0.6) is 5.75 Å². The zero-order chi connectivity index (χ0) is 14.2. The van der Waals surface area contributed by atoms with Crippen LogP contribution in [0.3, 0.4) is 0 Å². The van der Waals surface area contributed by atoms with E-state index in [9.17, 15) is 0 Å². The van der Waals surface area contributed by atoms with Gasteiger partial charge in [0.1, 0.15) is 12.4 Å². The number of aryl methyl sites for hydroxylation is 1. The quantitative estimate of drug-likeness (QED) is 0.590. The highest BCUT2D eigenvalue weighted by Gasteiger charge is 1.94. The molecule has 0 fully saturated rings. The van der Waals surface area contributed by atoms with Crippen molar-refractivity contribution in [3.8, 4) is 5.75 Å². The van der Waals surface area contributed by atoms with E-state index in [0.717, 1.165) is 23.3 Å². The third kappa shape index (κ3) is 4.12. The van der Waals surface area contributed by atoms with Crippen LogP contribution in [0.15, 0.2) is 53.7 Å². The van der Waals surface area contributed by atoms with E-state index in [1.807, 2.05) is 36.4 Å². The lowest BCUT2D eigenvalue weighted by atomic mass is 10.1. The van der Waals surface area contributed by atoms with Gasteiger partial charge >= 0.3 is 0 Å². The first-order chi connectivity index (χ1) is 9.81. The molecule has 2 aromatic carbocycles. The highest BCUT2D eigenvalue weighted by atomic mass is 16.6. The number of oxime groups is 1. The van der Waals surface area contributed by atoms with Gasteiger partial charge in [-0.1, -0.05) is 48.5 Å². The number of rotatable bonds is 6. The first-order valence-electron chi connectivity index (χ1n) is 6.69. The zero-order valence-electron chi connectivity index (χ0n) is 11.9. The molecule has 0 saturated carbocycles. The van der Waals surface area contributed by atoms with Crippen molar-refractivity contribution >= 4 is 6.21 Å². The van der Waals surface area contributed by atoms with Gasteiger partial charge in [-0.25, -0.2) is 0 Å². The van der Waals surface area contributed by atoms with Crippen molar-refractivity contribution in [2.45, 2.75) is 20.0 Å². The molecule has 0 aliphatic rings. The maximum absolute atomic E-state index is 5.28. The standard InChI is InChI=1S/C17H19NO2/c1-3-14-4-6-15(7-5-14)12-18-20-13-16-8-10-17(19-2)11-9-16/h4-12H,3,13H2,1-2H3. The van der Waals surface area contributed by atoms with E-state index in [2.05, 4.69) is 24.2 Å². The first kappa shape index (κ1) is 14.1. The van der Waals surface area contributed by atoms with Crippen molar-refractivity contribution in [2.24, 2.45) is 5.16 Å². The van der Waals surface area contributed by atoms with Crippen molar-refractivity contribution < 1.29 is 9.57 Å². The molecule has 0 atom stereocenters. The topological polar surface area (TPSA) is 30.8 Å². The van der Waals surface area contributed by atoms with Crippen LogP contribution >= 0.6 is 0 Å². The van der Waals surface area contributed by atoms with Gasteiger partial charge in [0.15, 0.2) is 0 Å². The van der Waals surface area contributed by atoms with Gasteiger partial charge in [-0.3, -0.25) is 0 Å². The molecule has 0 aliphatic heterocycles. The number of benzene rings is 2. The van der Waals surface area contributed by atoms with Gasteiger partial charge in [0.2, 0.25) is 0 Å². The largest absolute Gasteiger partial charge is 0.497 e. The molecule has 0 radical (unpaired) electrons. The molecule has 0 aliphatic carbocycles. The molecule has 3 heteroatoms. The molecule has 2 aromatic rings. The molecule has 104 valence electrons. The summed E-state index contributed by atoms with van der Waals surface area (Å²) in [6, 6.07) is 16.0. The van der Waals surface area contributed by atoms with E-state index in [1.54, 1.807) is 13.3 Å². The first-order valence-corrected chi connectivity index (χ1v) is 6.69. The van der Waals surface area contributed by atoms with Crippen LogP contribution < -0.4 is 4.74 Å². The van der Waals surface area contributed by atoms with Gasteiger partial charge in [-0.15, -0.1) is 0 Å².